The van der Waals surface area contributed by atoms with Gasteiger partial charge in [0, 0.05) is 16.3 Å². The Morgan fingerprint density at radius 3 is 2.52 bits per heavy atom. The van der Waals surface area contributed by atoms with Crippen LogP contribution in [0.5, 0.6) is 0 Å². The molecule has 0 fully saturated rings. The Labute approximate surface area is 130 Å². The number of anilines is 1. The number of nitrogens with two attached hydrogens (primary N) is 1. The molecule has 4 nitrogen and oxygen atoms in total. The molecule has 2 aromatic carbocycles. The van der Waals surface area contributed by atoms with E-state index in [0.29, 0.717) is 16.7 Å². The highest BCUT2D eigenvalue weighted by atomic mass is 19.1. The maximum Gasteiger partial charge on any atom is 0.223 e. The van der Waals surface area contributed by atoms with Crippen LogP contribution < -0.4 is 11.3 Å². The van der Waals surface area contributed by atoms with Gasteiger partial charge in [0.05, 0.1) is 11.1 Å². The number of hydrogen-bond acceptors (Lipinski definition) is 4. The summed E-state index contributed by atoms with van der Waals surface area (Å²) in [5, 5.41) is 10.2. The van der Waals surface area contributed by atoms with Gasteiger partial charge in [-0.05, 0) is 36.4 Å². The summed E-state index contributed by atoms with van der Waals surface area (Å²) in [7, 11) is 0. The fraction of sp³-hybridized carbons (Fsp3) is 0. The highest BCUT2D eigenvalue weighted by Gasteiger charge is 2.12. The molecule has 2 heterocycles. The number of benzene rings is 2. The van der Waals surface area contributed by atoms with Gasteiger partial charge in [-0.25, -0.2) is 9.37 Å². The van der Waals surface area contributed by atoms with Gasteiger partial charge in [0.1, 0.15) is 17.2 Å². The molecular formula is C18H12FN3O. The van der Waals surface area contributed by atoms with E-state index in [4.69, 9.17) is 15.6 Å². The van der Waals surface area contributed by atoms with Crippen molar-refractivity contribution < 1.29 is 8.81 Å². The maximum atomic E-state index is 13.1. The molecule has 0 saturated carbocycles. The first-order valence-corrected chi connectivity index (χ1v) is 7.06. The van der Waals surface area contributed by atoms with Crippen molar-refractivity contribution in [2.75, 3.05) is 5.73 Å². The van der Waals surface area contributed by atoms with Gasteiger partial charge >= 0.3 is 0 Å². The number of hydrogen-bond donors (Lipinski definition) is 2. The van der Waals surface area contributed by atoms with Gasteiger partial charge in [0.2, 0.25) is 5.55 Å². The third-order valence-electron chi connectivity index (χ3n) is 3.80. The van der Waals surface area contributed by atoms with E-state index in [2.05, 4.69) is 4.98 Å². The van der Waals surface area contributed by atoms with Crippen molar-refractivity contribution in [2.24, 2.45) is 0 Å². The van der Waals surface area contributed by atoms with Crippen LogP contribution in [0.25, 0.3) is 33.0 Å². The number of aromatic nitrogens is 1. The largest absolute Gasteiger partial charge is 0.438 e. The van der Waals surface area contributed by atoms with Crippen molar-refractivity contribution in [3.8, 4) is 11.3 Å². The predicted octanol–water partition coefficient (Wildman–Crippen LogP) is 3.85. The molecule has 23 heavy (non-hydrogen) atoms. The topological polar surface area (TPSA) is 75.9 Å². The molecule has 0 amide bonds. The Morgan fingerprint density at radius 1 is 1.00 bits per heavy atom. The predicted molar refractivity (Wildman–Crippen MR) is 87.2 cm³/mol. The summed E-state index contributed by atoms with van der Waals surface area (Å²) in [6, 6.07) is 15.4. The van der Waals surface area contributed by atoms with Crippen molar-refractivity contribution in [3.05, 3.63) is 66.0 Å². The van der Waals surface area contributed by atoms with Crippen molar-refractivity contribution >= 4 is 27.6 Å². The minimum absolute atomic E-state index is 0.0191. The third kappa shape index (κ3) is 2.14. The minimum atomic E-state index is -0.305. The summed E-state index contributed by atoms with van der Waals surface area (Å²) in [4.78, 5) is 4.34. The zero-order chi connectivity index (χ0) is 16.0. The number of pyridine rings is 1. The molecule has 4 rings (SSSR count). The Morgan fingerprint density at radius 2 is 1.74 bits per heavy atom. The van der Waals surface area contributed by atoms with Crippen LogP contribution in [0.2, 0.25) is 0 Å². The summed E-state index contributed by atoms with van der Waals surface area (Å²) >= 11 is 0. The molecule has 3 N–H and O–H groups in total. The molecule has 0 atom stereocenters. The first-order valence-electron chi connectivity index (χ1n) is 7.06. The van der Waals surface area contributed by atoms with Gasteiger partial charge in [-0.15, -0.1) is 0 Å². The number of halogens is 1. The molecule has 112 valence electrons. The van der Waals surface area contributed by atoms with Gasteiger partial charge < -0.3 is 10.2 Å². The summed E-state index contributed by atoms with van der Waals surface area (Å²) in [5.74, 6) is -0.0819. The maximum absolute atomic E-state index is 13.1. The van der Waals surface area contributed by atoms with Gasteiger partial charge in [0.15, 0.2) is 0 Å². The van der Waals surface area contributed by atoms with Crippen LogP contribution in [0.4, 0.5) is 10.2 Å². The summed E-state index contributed by atoms with van der Waals surface area (Å²) in [6.45, 7) is 0. The fourth-order valence-corrected chi connectivity index (χ4v) is 2.72. The van der Waals surface area contributed by atoms with Crippen LogP contribution in [-0.4, -0.2) is 4.98 Å². The van der Waals surface area contributed by atoms with Gasteiger partial charge in [0.25, 0.3) is 0 Å². The monoisotopic (exact) mass is 305 g/mol. The number of nitrogens with one attached hydrogen (secondary N) is 1. The molecule has 2 aromatic heterocycles. The van der Waals surface area contributed by atoms with Crippen LogP contribution in [0.3, 0.4) is 0 Å². The quantitative estimate of drug-likeness (QED) is 0.524. The molecule has 0 aliphatic carbocycles. The highest BCUT2D eigenvalue weighted by molar-refractivity contribution is 6.08. The Balaban J connectivity index is 2.11. The molecule has 0 radical (unpaired) electrons. The standard InChI is InChI=1S/C18H12FN3O/c19-11-7-5-10(6-8-11)14-9-13-12-3-1-2-4-15(12)23-18(21)16(13)17(20)22-14/h1-9,21H,(H2,20,22). The van der Waals surface area contributed by atoms with E-state index in [9.17, 15) is 4.39 Å². The van der Waals surface area contributed by atoms with Gasteiger partial charge in [-0.3, -0.25) is 5.41 Å². The summed E-state index contributed by atoms with van der Waals surface area (Å²) < 4.78 is 18.6. The van der Waals surface area contributed by atoms with Crippen LogP contribution in [0.15, 0.2) is 59.0 Å². The van der Waals surface area contributed by atoms with Crippen LogP contribution in [-0.2, 0) is 0 Å². The zero-order valence-electron chi connectivity index (χ0n) is 12.0. The minimum Gasteiger partial charge on any atom is -0.438 e. The lowest BCUT2D eigenvalue weighted by Crippen LogP contribution is -2.06. The molecule has 0 aliphatic heterocycles. The zero-order valence-corrected chi connectivity index (χ0v) is 12.0. The third-order valence-corrected chi connectivity index (χ3v) is 3.80. The van der Waals surface area contributed by atoms with E-state index in [-0.39, 0.29) is 17.2 Å². The molecule has 0 bridgehead atoms. The molecule has 5 heteroatoms. The fourth-order valence-electron chi connectivity index (χ4n) is 2.72. The van der Waals surface area contributed by atoms with Crippen molar-refractivity contribution in [2.45, 2.75) is 0 Å². The van der Waals surface area contributed by atoms with E-state index in [0.717, 1.165) is 16.3 Å². The van der Waals surface area contributed by atoms with Gasteiger partial charge in [-0.1, -0.05) is 18.2 Å². The molecule has 0 spiro atoms. The number of nitrogen functional groups attached to an aromatic ring is 1. The van der Waals surface area contributed by atoms with Crippen LogP contribution in [0, 0.1) is 11.2 Å². The number of fused-ring (bicyclic) bond motifs is 3. The summed E-state index contributed by atoms with van der Waals surface area (Å²) in [6.07, 6.45) is 0. The Kier molecular flexibility index (Phi) is 2.87. The lowest BCUT2D eigenvalue weighted by Gasteiger charge is -2.09. The second kappa shape index (κ2) is 4.91. The molecular weight excluding hydrogens is 293 g/mol. The lowest BCUT2D eigenvalue weighted by molar-refractivity contribution is 0.542. The van der Waals surface area contributed by atoms with Crippen LogP contribution >= 0.6 is 0 Å². The van der Waals surface area contributed by atoms with E-state index >= 15 is 0 Å². The average Bonchev–Trinajstić information content (AvgIpc) is 2.55. The number of para-hydroxylation sites is 1. The Hall–Kier alpha value is -3.21. The molecule has 4 aromatic rings. The van der Waals surface area contributed by atoms with Crippen molar-refractivity contribution in [1.82, 2.24) is 4.98 Å². The van der Waals surface area contributed by atoms with E-state index in [1.165, 1.54) is 12.1 Å². The van der Waals surface area contributed by atoms with Gasteiger partial charge in [-0.2, -0.15) is 0 Å². The second-order valence-corrected chi connectivity index (χ2v) is 5.25. The van der Waals surface area contributed by atoms with Crippen LogP contribution in [0.1, 0.15) is 0 Å². The normalized spacial score (nSPS) is 11.2. The van der Waals surface area contributed by atoms with Crippen molar-refractivity contribution in [1.29, 1.82) is 5.41 Å². The first kappa shape index (κ1) is 13.5. The average molecular weight is 305 g/mol. The lowest BCUT2D eigenvalue weighted by atomic mass is 10.0. The smallest absolute Gasteiger partial charge is 0.223 e. The van der Waals surface area contributed by atoms with E-state index in [1.54, 1.807) is 18.2 Å². The number of rotatable bonds is 1. The van der Waals surface area contributed by atoms with E-state index in [1.807, 2.05) is 24.3 Å². The molecule has 0 aliphatic rings. The molecule has 0 unspecified atom stereocenters. The molecule has 0 saturated heterocycles. The highest BCUT2D eigenvalue weighted by Crippen LogP contribution is 2.29. The number of nitrogens with zero attached hydrogens (tertiary/aromatic N) is 1. The summed E-state index contributed by atoms with van der Waals surface area (Å²) in [5.41, 5.74) is 8.03. The SMILES string of the molecule is N=c1oc2ccccc2c2cc(-c3ccc(F)cc3)nc(N)c12. The van der Waals surface area contributed by atoms with E-state index < -0.39 is 0 Å². The van der Waals surface area contributed by atoms with Crippen molar-refractivity contribution in [3.63, 3.8) is 0 Å². The Bertz CT molecular complexity index is 1100. The first-order chi connectivity index (χ1) is 11.1. The second-order valence-electron chi connectivity index (χ2n) is 5.25.